The van der Waals surface area contributed by atoms with Gasteiger partial charge in [-0.25, -0.2) is 4.79 Å². The Morgan fingerprint density at radius 2 is 2.00 bits per heavy atom. The number of rotatable bonds is 1. The van der Waals surface area contributed by atoms with Crippen molar-refractivity contribution in [1.82, 2.24) is 0 Å². The van der Waals surface area contributed by atoms with Gasteiger partial charge in [-0.2, -0.15) is 0 Å². The lowest BCUT2D eigenvalue weighted by Crippen LogP contribution is -2.14. The van der Waals surface area contributed by atoms with Crippen LogP contribution in [0.15, 0.2) is 18.2 Å². The van der Waals surface area contributed by atoms with Crippen molar-refractivity contribution in [2.45, 2.75) is 6.92 Å². The summed E-state index contributed by atoms with van der Waals surface area (Å²) in [6, 6.07) is 5.10. The van der Waals surface area contributed by atoms with Crippen LogP contribution in [0.4, 0.5) is 11.4 Å². The van der Waals surface area contributed by atoms with E-state index in [1.54, 1.807) is 12.1 Å². The number of hydrogen-bond donors (Lipinski definition) is 3. The van der Waals surface area contributed by atoms with Crippen LogP contribution in [0.25, 0.3) is 0 Å². The largest absolute Gasteiger partial charge is 0.478 e. The summed E-state index contributed by atoms with van der Waals surface area (Å²) in [4.78, 5) is 10.8. The molecule has 1 heterocycles. The zero-order chi connectivity index (χ0) is 10.8. The first-order valence-electron chi connectivity index (χ1n) is 5.02. The molecule has 0 spiro atoms. The van der Waals surface area contributed by atoms with E-state index in [0.29, 0.717) is 11.5 Å². The third-order valence-corrected chi connectivity index (χ3v) is 2.55. The maximum Gasteiger partial charge on any atom is 0.335 e. The van der Waals surface area contributed by atoms with E-state index in [-0.39, 0.29) is 0 Å². The molecule has 1 aromatic carbocycles. The second kappa shape index (κ2) is 3.81. The summed E-state index contributed by atoms with van der Waals surface area (Å²) >= 11 is 0. The average Bonchev–Trinajstić information content (AvgIpc) is 2.40. The summed E-state index contributed by atoms with van der Waals surface area (Å²) in [5.74, 6) is -0.359. The molecule has 1 aliphatic heterocycles. The van der Waals surface area contributed by atoms with E-state index >= 15 is 0 Å². The molecule has 0 saturated carbocycles. The molecule has 0 radical (unpaired) electrons. The van der Waals surface area contributed by atoms with Crippen LogP contribution in [-0.4, -0.2) is 24.2 Å². The molecular weight excluding hydrogens is 192 g/mol. The number of aromatic carboxylic acids is 1. The highest BCUT2D eigenvalue weighted by molar-refractivity contribution is 5.90. The van der Waals surface area contributed by atoms with E-state index in [9.17, 15) is 4.79 Å². The van der Waals surface area contributed by atoms with E-state index in [1.807, 2.05) is 6.07 Å². The van der Waals surface area contributed by atoms with Gasteiger partial charge in [-0.05, 0) is 24.1 Å². The predicted octanol–water partition coefficient (Wildman–Crippen LogP) is 1.86. The summed E-state index contributed by atoms with van der Waals surface area (Å²) in [5.41, 5.74) is 2.17. The van der Waals surface area contributed by atoms with Crippen LogP contribution >= 0.6 is 0 Å². The Labute approximate surface area is 88.3 Å². The molecule has 0 amide bonds. The van der Waals surface area contributed by atoms with Crippen molar-refractivity contribution < 1.29 is 9.90 Å². The molecule has 15 heavy (non-hydrogen) atoms. The lowest BCUT2D eigenvalue weighted by molar-refractivity contribution is 0.0697. The molecule has 4 nitrogen and oxygen atoms in total. The maximum atomic E-state index is 10.8. The summed E-state index contributed by atoms with van der Waals surface area (Å²) in [6.07, 6.45) is 0. The number of anilines is 2. The average molecular weight is 206 g/mol. The van der Waals surface area contributed by atoms with Crippen LogP contribution in [0.1, 0.15) is 17.3 Å². The highest BCUT2D eigenvalue weighted by Crippen LogP contribution is 2.26. The lowest BCUT2D eigenvalue weighted by Gasteiger charge is -2.08. The van der Waals surface area contributed by atoms with Gasteiger partial charge in [-0.3, -0.25) is 0 Å². The minimum Gasteiger partial charge on any atom is -0.478 e. The third kappa shape index (κ3) is 2.03. The highest BCUT2D eigenvalue weighted by atomic mass is 16.4. The van der Waals surface area contributed by atoms with Crippen LogP contribution in [0.2, 0.25) is 0 Å². The van der Waals surface area contributed by atoms with E-state index < -0.39 is 5.97 Å². The molecule has 4 heteroatoms. The van der Waals surface area contributed by atoms with Crippen LogP contribution in [-0.2, 0) is 0 Å². The van der Waals surface area contributed by atoms with Gasteiger partial charge in [0.05, 0.1) is 16.9 Å². The zero-order valence-corrected chi connectivity index (χ0v) is 8.58. The third-order valence-electron chi connectivity index (χ3n) is 2.55. The van der Waals surface area contributed by atoms with Gasteiger partial charge in [0, 0.05) is 13.1 Å². The monoisotopic (exact) mass is 206 g/mol. The molecule has 3 N–H and O–H groups in total. The van der Waals surface area contributed by atoms with Crippen LogP contribution in [0, 0.1) is 5.92 Å². The van der Waals surface area contributed by atoms with Gasteiger partial charge in [0.2, 0.25) is 0 Å². The van der Waals surface area contributed by atoms with Crippen molar-refractivity contribution in [2.75, 3.05) is 23.7 Å². The fraction of sp³-hybridized carbons (Fsp3) is 0.364. The first-order valence-corrected chi connectivity index (χ1v) is 5.02. The number of hydrogen-bond acceptors (Lipinski definition) is 3. The van der Waals surface area contributed by atoms with Gasteiger partial charge in [-0.15, -0.1) is 0 Å². The fourth-order valence-corrected chi connectivity index (χ4v) is 1.62. The Bertz CT molecular complexity index is 390. The Balaban J connectivity index is 2.32. The van der Waals surface area contributed by atoms with Gasteiger partial charge < -0.3 is 15.7 Å². The molecule has 1 aromatic rings. The van der Waals surface area contributed by atoms with Crippen molar-refractivity contribution in [2.24, 2.45) is 5.92 Å². The second-order valence-electron chi connectivity index (χ2n) is 3.93. The Morgan fingerprint density at radius 3 is 2.67 bits per heavy atom. The molecule has 80 valence electrons. The molecule has 0 saturated heterocycles. The molecule has 0 aliphatic carbocycles. The molecule has 2 rings (SSSR count). The normalized spacial score (nSPS) is 19.4. The van der Waals surface area contributed by atoms with Gasteiger partial charge in [0.1, 0.15) is 0 Å². The van der Waals surface area contributed by atoms with Crippen molar-refractivity contribution in [3.63, 3.8) is 0 Å². The fourth-order valence-electron chi connectivity index (χ4n) is 1.62. The van der Waals surface area contributed by atoms with Crippen molar-refractivity contribution >= 4 is 17.3 Å². The van der Waals surface area contributed by atoms with E-state index in [1.165, 1.54) is 0 Å². The summed E-state index contributed by atoms with van der Waals surface area (Å²) in [5, 5.41) is 15.4. The van der Waals surface area contributed by atoms with E-state index in [4.69, 9.17) is 5.11 Å². The van der Waals surface area contributed by atoms with Gasteiger partial charge in [-0.1, -0.05) is 6.92 Å². The number of carbonyl (C=O) groups is 1. The summed E-state index contributed by atoms with van der Waals surface area (Å²) in [7, 11) is 0. The molecular formula is C11H14N2O2. The van der Waals surface area contributed by atoms with Gasteiger partial charge >= 0.3 is 5.97 Å². The van der Waals surface area contributed by atoms with Crippen molar-refractivity contribution in [3.05, 3.63) is 23.8 Å². The smallest absolute Gasteiger partial charge is 0.335 e. The number of benzene rings is 1. The van der Waals surface area contributed by atoms with Crippen LogP contribution < -0.4 is 10.6 Å². The molecule has 0 bridgehead atoms. The Morgan fingerprint density at radius 1 is 1.33 bits per heavy atom. The van der Waals surface area contributed by atoms with Crippen molar-refractivity contribution in [1.29, 1.82) is 0 Å². The van der Waals surface area contributed by atoms with Gasteiger partial charge in [0.25, 0.3) is 0 Å². The maximum absolute atomic E-state index is 10.8. The minimum absolute atomic E-state index is 0.317. The molecule has 1 unspecified atom stereocenters. The number of carboxylic acids is 1. The lowest BCUT2D eigenvalue weighted by atomic mass is 10.1. The summed E-state index contributed by atoms with van der Waals surface area (Å²) in [6.45, 7) is 3.92. The molecule has 0 aromatic heterocycles. The zero-order valence-electron chi connectivity index (χ0n) is 8.58. The summed E-state index contributed by atoms with van der Waals surface area (Å²) < 4.78 is 0. The molecule has 0 fully saturated rings. The molecule has 1 aliphatic rings. The number of carboxylic acid groups (broad SMARTS) is 1. The first-order chi connectivity index (χ1) is 7.16. The predicted molar refractivity (Wildman–Crippen MR) is 59.5 cm³/mol. The van der Waals surface area contributed by atoms with Crippen molar-refractivity contribution in [3.8, 4) is 0 Å². The van der Waals surface area contributed by atoms with Gasteiger partial charge in [0.15, 0.2) is 0 Å². The number of fused-ring (bicyclic) bond motifs is 1. The molecule has 1 atom stereocenters. The van der Waals surface area contributed by atoms with E-state index in [0.717, 1.165) is 24.5 Å². The minimum atomic E-state index is -0.892. The van der Waals surface area contributed by atoms with Crippen LogP contribution in [0.5, 0.6) is 0 Å². The van der Waals surface area contributed by atoms with E-state index in [2.05, 4.69) is 17.6 Å². The first kappa shape index (κ1) is 9.83. The second-order valence-corrected chi connectivity index (χ2v) is 3.93. The standard InChI is InChI=1S/C11H14N2O2/c1-7-5-12-9-3-2-8(11(14)15)4-10(9)13-6-7/h2-4,7,12-13H,5-6H2,1H3,(H,14,15). The van der Waals surface area contributed by atoms with Crippen LogP contribution in [0.3, 0.4) is 0 Å². The SMILES string of the molecule is CC1CNc2ccc(C(=O)O)cc2NC1. The topological polar surface area (TPSA) is 61.4 Å². The highest BCUT2D eigenvalue weighted by Gasteiger charge is 2.13. The quantitative estimate of drug-likeness (QED) is 0.656. The Kier molecular flexibility index (Phi) is 2.49. The number of nitrogens with one attached hydrogen (secondary N) is 2. The Hall–Kier alpha value is -1.71.